The van der Waals surface area contributed by atoms with Gasteiger partial charge in [-0.1, -0.05) is 52.7 Å². The van der Waals surface area contributed by atoms with E-state index < -0.39 is 165 Å². The highest BCUT2D eigenvalue weighted by Gasteiger charge is 2.49. The van der Waals surface area contributed by atoms with Gasteiger partial charge in [-0.15, -0.1) is 0 Å². The predicted octanol–water partition coefficient (Wildman–Crippen LogP) is -3.89. The summed E-state index contributed by atoms with van der Waals surface area (Å²) in [4.78, 5) is 100. The molecule has 71 heavy (non-hydrogen) atoms. The van der Waals surface area contributed by atoms with Gasteiger partial charge in [-0.05, 0) is 30.2 Å². The molecule has 7 unspecified atom stereocenters. The molecule has 0 aromatic heterocycles. The van der Waals surface area contributed by atoms with Crippen LogP contribution >= 0.6 is 12.3 Å². The molecule has 2 aromatic rings. The van der Waals surface area contributed by atoms with Gasteiger partial charge in [-0.2, -0.15) is 5.26 Å². The van der Waals surface area contributed by atoms with Crippen LogP contribution in [-0.2, 0) is 55.9 Å². The molecule has 0 aliphatic carbocycles. The third-order valence-electron chi connectivity index (χ3n) is 11.9. The Labute approximate surface area is 409 Å². The van der Waals surface area contributed by atoms with E-state index in [4.69, 9.17) is 14.2 Å². The molecule has 13 atom stereocenters. The molecule has 3 fully saturated rings. The summed E-state index contributed by atoms with van der Waals surface area (Å²) in [7, 11) is 0. The van der Waals surface area contributed by atoms with Gasteiger partial charge < -0.3 is 81.0 Å². The first-order valence-electron chi connectivity index (χ1n) is 22.1. The summed E-state index contributed by atoms with van der Waals surface area (Å²) in [5.74, 6) is -8.79. The number of aliphatic hydroxyl groups is 6. The normalized spacial score (nSPS) is 28.3. The Kier molecular flexibility index (Phi) is 20.1. The Morgan fingerprint density at radius 3 is 2.20 bits per heavy atom. The number of phenolic OH excluding ortho intramolecular Hbond substituents is 1. The number of nitrogens with zero attached hydrogens (tertiary/aromatic N) is 3. The summed E-state index contributed by atoms with van der Waals surface area (Å²) in [6.45, 7) is 0.713. The number of amides is 7. The van der Waals surface area contributed by atoms with Crippen molar-refractivity contribution in [2.45, 2.75) is 119 Å². The molecule has 0 radical (unpaired) electrons. The maximum Gasteiger partial charge on any atom is 0.408 e. The lowest BCUT2D eigenvalue weighted by molar-refractivity contribution is -0.433. The van der Waals surface area contributed by atoms with Crippen molar-refractivity contribution in [3.63, 3.8) is 0 Å². The number of alkyl carbamates (subject to hydrolysis) is 1. The zero-order valence-corrected chi connectivity index (χ0v) is 38.9. The third kappa shape index (κ3) is 14.6. The van der Waals surface area contributed by atoms with Crippen LogP contribution in [0.25, 0.3) is 0 Å². The number of aliphatic hydroxyl groups excluding tert-OH is 6. The van der Waals surface area contributed by atoms with Crippen LogP contribution in [0.4, 0.5) is 4.79 Å². The molecule has 388 valence electrons. The molecule has 3 aliphatic heterocycles. The van der Waals surface area contributed by atoms with E-state index in [0.29, 0.717) is 5.56 Å². The van der Waals surface area contributed by atoms with Crippen LogP contribution in [0.1, 0.15) is 44.2 Å². The number of fused-ring (bicyclic) bond motifs is 2. The van der Waals surface area contributed by atoms with Crippen molar-refractivity contribution in [3.05, 3.63) is 59.7 Å². The number of benzene rings is 2. The Hall–Kier alpha value is -6.39. The maximum absolute atomic E-state index is 14.4. The highest BCUT2D eigenvalue weighted by atomic mass is 32.2. The van der Waals surface area contributed by atoms with Crippen LogP contribution in [0.3, 0.4) is 0 Å². The van der Waals surface area contributed by atoms with Crippen molar-refractivity contribution in [3.8, 4) is 17.6 Å². The topological polar surface area (TPSA) is 409 Å². The molecule has 13 N–H and O–H groups in total. The van der Waals surface area contributed by atoms with Crippen LogP contribution < -0.4 is 30.8 Å². The summed E-state index contributed by atoms with van der Waals surface area (Å²) < 4.78 is 14.5. The molecule has 3 saturated heterocycles. The smallest absolute Gasteiger partial charge is 0.408 e. The van der Waals surface area contributed by atoms with Gasteiger partial charge in [0.05, 0.1) is 49.1 Å². The first-order valence-corrected chi connectivity index (χ1v) is 22.8. The molecule has 28 heteroatoms. The Morgan fingerprint density at radius 1 is 0.845 bits per heavy atom. The van der Waals surface area contributed by atoms with Gasteiger partial charge in [0.1, 0.15) is 42.9 Å². The average molecular weight is 1020 g/mol. The fourth-order valence-electron chi connectivity index (χ4n) is 8.21. The van der Waals surface area contributed by atoms with Crippen LogP contribution in [-0.4, -0.2) is 185 Å². The summed E-state index contributed by atoms with van der Waals surface area (Å²) in [5, 5.41) is 110. The third-order valence-corrected chi connectivity index (χ3v) is 12.3. The largest absolute Gasteiger partial charge is 0.504 e. The molecule has 5 rings (SSSR count). The first-order chi connectivity index (χ1) is 33.7. The Morgan fingerprint density at radius 2 is 1.52 bits per heavy atom. The monoisotopic (exact) mass is 1020 g/mol. The quantitative estimate of drug-likeness (QED) is 0.0395. The number of hydrogen-bond donors (Lipinski definition) is 13. The minimum atomic E-state index is -2.14. The molecule has 7 amide bonds. The van der Waals surface area contributed by atoms with E-state index in [2.05, 4.69) is 36.0 Å². The van der Waals surface area contributed by atoms with E-state index in [0.717, 1.165) is 28.9 Å². The SMILES string of the molecule is CC(O)C1NC(=O)[C@@H](NC(=O)OCc2ccccc2)C[C@H](O)CNC(=O)C2[C@@H](O)C(C)CN2C(=O)[C@H]([C@H](O)CC#N)NC(=O)C([C@H](O)Cc2ccc(O)c(OSOOO)c2)NC(=O)C2CC(O)CN2C1=O. The lowest BCUT2D eigenvalue weighted by atomic mass is 9.98. The van der Waals surface area contributed by atoms with Crippen LogP contribution in [0, 0.1) is 17.2 Å². The van der Waals surface area contributed by atoms with E-state index >= 15 is 0 Å². The highest BCUT2D eigenvalue weighted by Crippen LogP contribution is 2.31. The number of aromatic hydroxyl groups is 1. The van der Waals surface area contributed by atoms with Crippen molar-refractivity contribution in [1.29, 1.82) is 5.26 Å². The minimum absolute atomic E-state index is 0.0667. The summed E-state index contributed by atoms with van der Waals surface area (Å²) in [5.41, 5.74) is 0.673. The number of phenols is 1. The molecule has 3 heterocycles. The van der Waals surface area contributed by atoms with Gasteiger partial charge in [0.2, 0.25) is 35.4 Å². The molecular weight excluding hydrogens is 965 g/mol. The number of ether oxygens (including phenoxy) is 1. The summed E-state index contributed by atoms with van der Waals surface area (Å²) >= 11 is 0.0667. The molecule has 0 bridgehead atoms. The highest BCUT2D eigenvalue weighted by molar-refractivity contribution is 7.90. The molecule has 3 aliphatic rings. The van der Waals surface area contributed by atoms with E-state index in [-0.39, 0.29) is 36.8 Å². The van der Waals surface area contributed by atoms with Crippen molar-refractivity contribution < 1.29 is 92.9 Å². The van der Waals surface area contributed by atoms with Crippen molar-refractivity contribution in [2.24, 2.45) is 5.92 Å². The molecule has 0 saturated carbocycles. The number of hydrogen-bond acceptors (Lipinski definition) is 21. The van der Waals surface area contributed by atoms with Crippen LogP contribution in [0.5, 0.6) is 11.5 Å². The first kappa shape index (κ1) is 55.5. The number of carbonyl (C=O) groups excluding carboxylic acids is 7. The minimum Gasteiger partial charge on any atom is -0.504 e. The number of rotatable bonds is 13. The number of β-amino-alcohol motifs (C(OH)–C–C–N with tert-alkyl or cyclic N) is 1. The fraction of sp³-hybridized carbons (Fsp3) is 0.535. The van der Waals surface area contributed by atoms with Gasteiger partial charge in [-0.25, -0.2) is 10.1 Å². The number of carbonyl (C=O) groups is 7. The van der Waals surface area contributed by atoms with E-state index in [1.165, 1.54) is 13.0 Å². The molecule has 0 spiro atoms. The fourth-order valence-corrected chi connectivity index (χ4v) is 8.47. The van der Waals surface area contributed by atoms with E-state index in [1.54, 1.807) is 36.4 Å². The second-order valence-corrected chi connectivity index (χ2v) is 17.6. The standard InChI is InChI=1S/C43H56N8O19S/c1-20-17-51-35(36(20)58)40(62)45-16-24(53)14-26(46-43(65)67-19-22-6-4-3-5-7-22)37(59)47-32(21(2)52)41(63)50-18-25(54)15-27(50)38(60)48-33(39(61)49-34(42(51)64)29(56)10-11-44)30(57)12-23-8-9-28(55)31(13-23)68-71-70-69-66/h3-9,13,20-21,24-27,29-30,32-36,52-58,66H,10,12,14-19H2,1-2H3,(H,45,62)(H,46,65)(H,47,59)(H,48,60)(H,49,61)/t20?,21?,24-,25?,26-,27?,29+,30+,32?,33?,34-,35?,36-/m0/s1. The second-order valence-electron chi connectivity index (χ2n) is 17.2. The predicted molar refractivity (Wildman–Crippen MR) is 239 cm³/mol. The lowest BCUT2D eigenvalue weighted by Gasteiger charge is -2.33. The molecule has 27 nitrogen and oxygen atoms in total. The molecule has 2 aromatic carbocycles. The van der Waals surface area contributed by atoms with Crippen LogP contribution in [0.15, 0.2) is 48.5 Å². The summed E-state index contributed by atoms with van der Waals surface area (Å²) in [6, 6.07) is 2.22. The van der Waals surface area contributed by atoms with Gasteiger partial charge in [-0.3, -0.25) is 28.8 Å². The van der Waals surface area contributed by atoms with Crippen molar-refractivity contribution >= 4 is 53.9 Å². The summed E-state index contributed by atoms with van der Waals surface area (Å²) in [6.07, 6.45) is -14.2. The molecular formula is C43H56N8O19S. The van der Waals surface area contributed by atoms with E-state index in [9.17, 15) is 74.6 Å². The van der Waals surface area contributed by atoms with Crippen molar-refractivity contribution in [2.75, 3.05) is 19.6 Å². The zero-order valence-electron chi connectivity index (χ0n) is 38.1. The Balaban J connectivity index is 1.55. The van der Waals surface area contributed by atoms with Gasteiger partial charge >= 0.3 is 6.09 Å². The number of nitriles is 1. The van der Waals surface area contributed by atoms with Gasteiger partial charge in [0, 0.05) is 44.8 Å². The van der Waals surface area contributed by atoms with Gasteiger partial charge in [0.15, 0.2) is 11.5 Å². The second kappa shape index (κ2) is 25.6. The lowest BCUT2D eigenvalue weighted by Crippen LogP contribution is -2.64. The number of nitrogens with one attached hydrogen (secondary N) is 5. The van der Waals surface area contributed by atoms with Crippen LogP contribution in [0.2, 0.25) is 0 Å². The maximum atomic E-state index is 14.4. The zero-order chi connectivity index (χ0) is 52.1. The van der Waals surface area contributed by atoms with Crippen molar-refractivity contribution in [1.82, 2.24) is 36.4 Å². The Bertz CT molecular complexity index is 2260. The van der Waals surface area contributed by atoms with Gasteiger partial charge in [0.25, 0.3) is 12.3 Å². The average Bonchev–Trinajstić information content (AvgIpc) is 3.88. The van der Waals surface area contributed by atoms with E-state index in [1.807, 2.05) is 0 Å².